The Bertz CT molecular complexity index is 821. The van der Waals surface area contributed by atoms with E-state index >= 15 is 0 Å². The highest BCUT2D eigenvalue weighted by molar-refractivity contribution is 7.89. The predicted molar refractivity (Wildman–Crippen MR) is 89.0 cm³/mol. The van der Waals surface area contributed by atoms with Crippen LogP contribution in [0.2, 0.25) is 5.02 Å². The smallest absolute Gasteiger partial charge is 0.338 e. The largest absolute Gasteiger partial charge is 0.457 e. The second-order valence-corrected chi connectivity index (χ2v) is 7.13. The van der Waals surface area contributed by atoms with Gasteiger partial charge in [0, 0.05) is 17.6 Å². The number of hydrogen-bond donors (Lipinski definition) is 0. The third-order valence-electron chi connectivity index (χ3n) is 3.30. The summed E-state index contributed by atoms with van der Waals surface area (Å²) >= 11 is 5.99. The molecule has 0 bridgehead atoms. The van der Waals surface area contributed by atoms with E-state index in [9.17, 15) is 13.2 Å². The Morgan fingerprint density at radius 3 is 2.33 bits per heavy atom. The van der Waals surface area contributed by atoms with Crippen LogP contribution in [-0.2, 0) is 26.2 Å². The Morgan fingerprint density at radius 2 is 1.75 bits per heavy atom. The molecule has 2 aromatic carbocycles. The minimum atomic E-state index is -3.75. The van der Waals surface area contributed by atoms with Gasteiger partial charge in [0.1, 0.15) is 6.61 Å². The summed E-state index contributed by atoms with van der Waals surface area (Å²) in [4.78, 5) is 16.7. The van der Waals surface area contributed by atoms with Crippen LogP contribution >= 0.6 is 11.6 Å². The SMILES string of the molecule is CON(C)S(=O)(=O)c1ccc(C(=O)OCc2ccccc2Cl)cc1. The molecule has 0 aliphatic rings. The van der Waals surface area contributed by atoms with Crippen LogP contribution in [0.4, 0.5) is 0 Å². The van der Waals surface area contributed by atoms with Gasteiger partial charge in [-0.3, -0.25) is 4.84 Å². The Morgan fingerprint density at radius 1 is 1.12 bits per heavy atom. The van der Waals surface area contributed by atoms with Crippen LogP contribution in [0.5, 0.6) is 0 Å². The molecule has 0 unspecified atom stereocenters. The molecule has 0 aliphatic heterocycles. The van der Waals surface area contributed by atoms with Gasteiger partial charge in [-0.1, -0.05) is 34.3 Å². The van der Waals surface area contributed by atoms with Gasteiger partial charge >= 0.3 is 5.97 Å². The zero-order chi connectivity index (χ0) is 17.7. The minimum Gasteiger partial charge on any atom is -0.457 e. The average molecular weight is 370 g/mol. The Balaban J connectivity index is 2.08. The van der Waals surface area contributed by atoms with E-state index in [1.165, 1.54) is 38.4 Å². The summed E-state index contributed by atoms with van der Waals surface area (Å²) in [5, 5.41) is 0.509. The van der Waals surface area contributed by atoms with Crippen LogP contribution in [0, 0.1) is 0 Å². The van der Waals surface area contributed by atoms with E-state index in [4.69, 9.17) is 16.3 Å². The fourth-order valence-electron chi connectivity index (χ4n) is 1.85. The van der Waals surface area contributed by atoms with Crippen molar-refractivity contribution >= 4 is 27.6 Å². The molecule has 0 atom stereocenters. The van der Waals surface area contributed by atoms with E-state index in [-0.39, 0.29) is 17.1 Å². The normalized spacial score (nSPS) is 11.5. The van der Waals surface area contributed by atoms with Crippen molar-refractivity contribution in [3.63, 3.8) is 0 Å². The number of hydroxylamine groups is 1. The Hall–Kier alpha value is -1.93. The highest BCUT2D eigenvalue weighted by Crippen LogP contribution is 2.18. The highest BCUT2D eigenvalue weighted by atomic mass is 35.5. The monoisotopic (exact) mass is 369 g/mol. The lowest BCUT2D eigenvalue weighted by atomic mass is 10.2. The van der Waals surface area contributed by atoms with E-state index in [0.717, 1.165) is 4.47 Å². The zero-order valence-corrected chi connectivity index (χ0v) is 14.7. The summed E-state index contributed by atoms with van der Waals surface area (Å²) in [5.74, 6) is -0.570. The van der Waals surface area contributed by atoms with E-state index in [1.807, 2.05) is 0 Å². The summed E-state index contributed by atoms with van der Waals surface area (Å²) in [6, 6.07) is 12.4. The number of nitrogens with zero attached hydrogens (tertiary/aromatic N) is 1. The number of hydrogen-bond acceptors (Lipinski definition) is 5. The van der Waals surface area contributed by atoms with Gasteiger partial charge in [-0.25, -0.2) is 13.2 Å². The number of carbonyl (C=O) groups excluding carboxylic acids is 1. The highest BCUT2D eigenvalue weighted by Gasteiger charge is 2.21. The maximum atomic E-state index is 12.1. The van der Waals surface area contributed by atoms with Crippen LogP contribution < -0.4 is 0 Å². The summed E-state index contributed by atoms with van der Waals surface area (Å²) in [6.07, 6.45) is 0. The molecule has 0 spiro atoms. The lowest BCUT2D eigenvalue weighted by molar-refractivity contribution is -0.0258. The fourth-order valence-corrected chi connectivity index (χ4v) is 3.02. The topological polar surface area (TPSA) is 72.9 Å². The van der Waals surface area contributed by atoms with Crippen molar-refractivity contribution in [3.05, 3.63) is 64.7 Å². The molecule has 0 amide bonds. The van der Waals surface area contributed by atoms with Gasteiger partial charge in [-0.05, 0) is 30.3 Å². The standard InChI is InChI=1S/C16H16ClNO5S/c1-18(22-2)24(20,21)14-9-7-12(8-10-14)16(19)23-11-13-5-3-4-6-15(13)17/h3-10H,11H2,1-2H3. The Kier molecular flexibility index (Phi) is 5.95. The minimum absolute atomic E-state index is 0.00880. The maximum absolute atomic E-state index is 12.1. The molecule has 24 heavy (non-hydrogen) atoms. The Labute approximate surface area is 145 Å². The van der Waals surface area contributed by atoms with Crippen LogP contribution in [0.25, 0.3) is 0 Å². The van der Waals surface area contributed by atoms with Gasteiger partial charge in [0.25, 0.3) is 10.0 Å². The summed E-state index contributed by atoms with van der Waals surface area (Å²) < 4.78 is 30.0. The molecule has 0 radical (unpaired) electrons. The molecule has 2 rings (SSSR count). The number of halogens is 1. The molecular weight excluding hydrogens is 354 g/mol. The second-order valence-electron chi connectivity index (χ2n) is 4.79. The van der Waals surface area contributed by atoms with Crippen molar-refractivity contribution in [1.29, 1.82) is 0 Å². The molecule has 0 aliphatic carbocycles. The number of rotatable bonds is 6. The van der Waals surface area contributed by atoms with E-state index < -0.39 is 16.0 Å². The molecule has 0 N–H and O–H groups in total. The molecule has 0 fully saturated rings. The van der Waals surface area contributed by atoms with Crippen molar-refractivity contribution < 1.29 is 22.8 Å². The second kappa shape index (κ2) is 7.76. The number of esters is 1. The first-order valence-electron chi connectivity index (χ1n) is 6.90. The van der Waals surface area contributed by atoms with Crippen LogP contribution in [0.1, 0.15) is 15.9 Å². The number of benzene rings is 2. The maximum Gasteiger partial charge on any atom is 0.338 e. The van der Waals surface area contributed by atoms with Crippen molar-refractivity contribution in [1.82, 2.24) is 4.47 Å². The first-order chi connectivity index (χ1) is 11.4. The molecule has 0 saturated carbocycles. The van der Waals surface area contributed by atoms with Gasteiger partial charge < -0.3 is 4.74 Å². The lowest BCUT2D eigenvalue weighted by Gasteiger charge is -2.14. The summed E-state index contributed by atoms with van der Waals surface area (Å²) in [6.45, 7) is 0.0327. The number of ether oxygens (including phenoxy) is 1. The molecular formula is C16H16ClNO5S. The average Bonchev–Trinajstić information content (AvgIpc) is 2.60. The van der Waals surface area contributed by atoms with E-state index in [2.05, 4.69) is 4.84 Å². The first-order valence-corrected chi connectivity index (χ1v) is 8.71. The lowest BCUT2D eigenvalue weighted by Crippen LogP contribution is -2.25. The van der Waals surface area contributed by atoms with Crippen LogP contribution in [0.15, 0.2) is 53.4 Å². The molecule has 6 nitrogen and oxygen atoms in total. The van der Waals surface area contributed by atoms with Crippen molar-refractivity contribution in [3.8, 4) is 0 Å². The van der Waals surface area contributed by atoms with Crippen molar-refractivity contribution in [2.45, 2.75) is 11.5 Å². The summed E-state index contributed by atoms with van der Waals surface area (Å²) in [7, 11) is -1.22. The van der Waals surface area contributed by atoms with E-state index in [1.54, 1.807) is 24.3 Å². The molecule has 0 heterocycles. The van der Waals surface area contributed by atoms with Crippen LogP contribution in [-0.4, -0.2) is 33.0 Å². The number of sulfonamides is 1. The van der Waals surface area contributed by atoms with Crippen LogP contribution in [0.3, 0.4) is 0 Å². The van der Waals surface area contributed by atoms with Crippen molar-refractivity contribution in [2.75, 3.05) is 14.2 Å². The summed E-state index contributed by atoms with van der Waals surface area (Å²) in [5.41, 5.74) is 0.925. The van der Waals surface area contributed by atoms with Crippen molar-refractivity contribution in [2.24, 2.45) is 0 Å². The first kappa shape index (κ1) is 18.4. The molecule has 0 saturated heterocycles. The van der Waals surface area contributed by atoms with Gasteiger partial charge in [0.15, 0.2) is 0 Å². The van der Waals surface area contributed by atoms with E-state index in [0.29, 0.717) is 10.6 Å². The molecule has 8 heteroatoms. The molecule has 2 aromatic rings. The fraction of sp³-hybridized carbons (Fsp3) is 0.188. The predicted octanol–water partition coefficient (Wildman–Crippen LogP) is 2.88. The molecule has 128 valence electrons. The number of carbonyl (C=O) groups is 1. The van der Waals surface area contributed by atoms with Gasteiger partial charge in [0.2, 0.25) is 0 Å². The van der Waals surface area contributed by atoms with Gasteiger partial charge in [0.05, 0.1) is 17.6 Å². The quantitative estimate of drug-likeness (QED) is 0.578. The third-order valence-corrected chi connectivity index (χ3v) is 5.36. The third kappa shape index (κ3) is 4.12. The van der Waals surface area contributed by atoms with Gasteiger partial charge in [-0.15, -0.1) is 0 Å². The van der Waals surface area contributed by atoms with Gasteiger partial charge in [-0.2, -0.15) is 0 Å². The zero-order valence-electron chi connectivity index (χ0n) is 13.1. The molecule has 0 aromatic heterocycles.